The summed E-state index contributed by atoms with van der Waals surface area (Å²) >= 11 is 0. The van der Waals surface area contributed by atoms with Gasteiger partial charge in [-0.2, -0.15) is 0 Å². The van der Waals surface area contributed by atoms with Crippen LogP contribution in [0.25, 0.3) is 22.4 Å². The number of anilines is 1. The Morgan fingerprint density at radius 1 is 0.968 bits per heavy atom. The van der Waals surface area contributed by atoms with E-state index in [-0.39, 0.29) is 4.90 Å². The van der Waals surface area contributed by atoms with Crippen LogP contribution in [0.5, 0.6) is 0 Å². The number of aryl methyl sites for hydroxylation is 3. The van der Waals surface area contributed by atoms with Crippen molar-refractivity contribution in [3.63, 3.8) is 0 Å². The molecule has 2 aromatic heterocycles. The zero-order valence-corrected chi connectivity index (χ0v) is 18.6. The van der Waals surface area contributed by atoms with Gasteiger partial charge in [-0.3, -0.25) is 0 Å². The summed E-state index contributed by atoms with van der Waals surface area (Å²) in [4.78, 5) is 9.80. The molecule has 1 aliphatic carbocycles. The maximum Gasteiger partial charge on any atom is 0.269 e. The van der Waals surface area contributed by atoms with Crippen molar-refractivity contribution in [3.05, 3.63) is 71.4 Å². The molecule has 1 saturated carbocycles. The van der Waals surface area contributed by atoms with Crippen molar-refractivity contribution in [2.24, 2.45) is 0 Å². The molecule has 0 bridgehead atoms. The summed E-state index contributed by atoms with van der Waals surface area (Å²) in [5.41, 5.74) is 3.94. The van der Waals surface area contributed by atoms with Gasteiger partial charge in [0, 0.05) is 17.3 Å². The first kappa shape index (κ1) is 19.8. The molecule has 2 aromatic carbocycles. The summed E-state index contributed by atoms with van der Waals surface area (Å²) in [6.45, 7) is 5.73. The van der Waals surface area contributed by atoms with Crippen LogP contribution in [0, 0.1) is 20.8 Å². The lowest BCUT2D eigenvalue weighted by molar-refractivity contribution is 0.587. The largest absolute Gasteiger partial charge is 0.367 e. The summed E-state index contributed by atoms with van der Waals surface area (Å²) in [6, 6.07) is 17.0. The standard InChI is InChI=1S/C24H24N4O2S/c1-15-8-12-19(13-9-15)31(29,30)28-17(3)14-21-23(25-18-10-11-18)26-22(27-24(21)28)20-7-5-4-6-16(20)2/h4-9,12-14,18H,10-11H2,1-3H3,(H,25,26,27). The van der Waals surface area contributed by atoms with E-state index in [4.69, 9.17) is 9.97 Å². The molecule has 0 amide bonds. The molecule has 1 N–H and O–H groups in total. The lowest BCUT2D eigenvalue weighted by Gasteiger charge is -2.13. The quantitative estimate of drug-likeness (QED) is 0.489. The molecular formula is C24H24N4O2S. The minimum Gasteiger partial charge on any atom is -0.367 e. The average molecular weight is 433 g/mol. The third-order valence-electron chi connectivity index (χ3n) is 5.65. The molecule has 0 atom stereocenters. The van der Waals surface area contributed by atoms with Crippen molar-refractivity contribution >= 4 is 26.9 Å². The molecule has 2 heterocycles. The van der Waals surface area contributed by atoms with E-state index in [0.717, 1.165) is 34.9 Å². The maximum atomic E-state index is 13.6. The van der Waals surface area contributed by atoms with Gasteiger partial charge in [0.05, 0.1) is 10.3 Å². The fourth-order valence-corrected chi connectivity index (χ4v) is 5.26. The molecule has 4 aromatic rings. The Morgan fingerprint density at radius 2 is 1.68 bits per heavy atom. The predicted octanol–water partition coefficient (Wildman–Crippen LogP) is 4.83. The highest BCUT2D eigenvalue weighted by Gasteiger charge is 2.28. The molecule has 0 aliphatic heterocycles. The van der Waals surface area contributed by atoms with Crippen LogP contribution < -0.4 is 5.32 Å². The second kappa shape index (κ2) is 7.20. The summed E-state index contributed by atoms with van der Waals surface area (Å²) in [6.07, 6.45) is 2.18. The highest BCUT2D eigenvalue weighted by molar-refractivity contribution is 7.90. The van der Waals surface area contributed by atoms with Gasteiger partial charge >= 0.3 is 0 Å². The van der Waals surface area contributed by atoms with Crippen LogP contribution in [0.15, 0.2) is 59.5 Å². The smallest absolute Gasteiger partial charge is 0.269 e. The van der Waals surface area contributed by atoms with Crippen LogP contribution in [0.4, 0.5) is 5.82 Å². The van der Waals surface area contributed by atoms with Crippen LogP contribution in [-0.4, -0.2) is 28.4 Å². The van der Waals surface area contributed by atoms with Crippen molar-refractivity contribution in [2.75, 3.05) is 5.32 Å². The molecule has 1 aliphatic rings. The number of nitrogens with zero attached hydrogens (tertiary/aromatic N) is 3. The van der Waals surface area contributed by atoms with Crippen LogP contribution in [0.2, 0.25) is 0 Å². The number of fused-ring (bicyclic) bond motifs is 1. The number of aromatic nitrogens is 3. The third-order valence-corrected chi connectivity index (χ3v) is 7.46. The summed E-state index contributed by atoms with van der Waals surface area (Å²) in [5, 5.41) is 4.19. The van der Waals surface area contributed by atoms with Crippen molar-refractivity contribution in [3.8, 4) is 11.4 Å². The van der Waals surface area contributed by atoms with E-state index in [0.29, 0.717) is 29.0 Å². The molecule has 0 radical (unpaired) electrons. The third kappa shape index (κ3) is 3.49. The number of rotatable bonds is 5. The van der Waals surface area contributed by atoms with Gasteiger partial charge in [0.1, 0.15) is 5.82 Å². The predicted molar refractivity (Wildman–Crippen MR) is 123 cm³/mol. The van der Waals surface area contributed by atoms with Crippen molar-refractivity contribution in [1.82, 2.24) is 13.9 Å². The maximum absolute atomic E-state index is 13.6. The molecule has 7 heteroatoms. The van der Waals surface area contributed by atoms with E-state index in [1.165, 1.54) is 3.97 Å². The Hall–Kier alpha value is -3.19. The molecule has 0 spiro atoms. The van der Waals surface area contributed by atoms with E-state index in [1.807, 2.05) is 56.3 Å². The van der Waals surface area contributed by atoms with E-state index in [1.54, 1.807) is 19.1 Å². The number of hydrogen-bond donors (Lipinski definition) is 1. The van der Waals surface area contributed by atoms with E-state index >= 15 is 0 Å². The van der Waals surface area contributed by atoms with Gasteiger partial charge < -0.3 is 5.32 Å². The van der Waals surface area contributed by atoms with Gasteiger partial charge in [-0.1, -0.05) is 42.0 Å². The first-order valence-corrected chi connectivity index (χ1v) is 11.8. The minimum atomic E-state index is -3.81. The average Bonchev–Trinajstić information content (AvgIpc) is 3.48. The van der Waals surface area contributed by atoms with Gasteiger partial charge in [0.25, 0.3) is 10.0 Å². The summed E-state index contributed by atoms with van der Waals surface area (Å²) < 4.78 is 28.5. The van der Waals surface area contributed by atoms with Crippen LogP contribution in [-0.2, 0) is 10.0 Å². The molecule has 6 nitrogen and oxygen atoms in total. The van der Waals surface area contributed by atoms with E-state index < -0.39 is 10.0 Å². The Morgan fingerprint density at radius 3 is 2.35 bits per heavy atom. The van der Waals surface area contributed by atoms with Crippen molar-refractivity contribution in [1.29, 1.82) is 0 Å². The molecule has 0 saturated heterocycles. The molecule has 5 rings (SSSR count). The first-order chi connectivity index (χ1) is 14.8. The van der Waals surface area contributed by atoms with Gasteiger partial charge in [-0.15, -0.1) is 0 Å². The monoisotopic (exact) mass is 432 g/mol. The molecular weight excluding hydrogens is 408 g/mol. The highest BCUT2D eigenvalue weighted by Crippen LogP contribution is 2.34. The Kier molecular flexibility index (Phi) is 4.59. The van der Waals surface area contributed by atoms with Crippen LogP contribution in [0.1, 0.15) is 29.7 Å². The fourth-order valence-electron chi connectivity index (χ4n) is 3.77. The SMILES string of the molecule is Cc1ccc(S(=O)(=O)n2c(C)cc3c(NC4CC4)nc(-c4ccccc4C)nc32)cc1. The normalized spacial score (nSPS) is 14.2. The topological polar surface area (TPSA) is 76.9 Å². The number of nitrogens with one attached hydrogen (secondary N) is 1. The molecule has 158 valence electrons. The summed E-state index contributed by atoms with van der Waals surface area (Å²) in [5.74, 6) is 1.21. The molecule has 1 fully saturated rings. The van der Waals surface area contributed by atoms with Gasteiger partial charge in [0.2, 0.25) is 0 Å². The van der Waals surface area contributed by atoms with Gasteiger partial charge in [0.15, 0.2) is 11.5 Å². The number of benzene rings is 2. The van der Waals surface area contributed by atoms with Gasteiger partial charge in [-0.05, 0) is 57.4 Å². The lowest BCUT2D eigenvalue weighted by atomic mass is 10.1. The fraction of sp³-hybridized carbons (Fsp3) is 0.250. The van der Waals surface area contributed by atoms with Gasteiger partial charge in [-0.25, -0.2) is 22.4 Å². The zero-order valence-electron chi connectivity index (χ0n) is 17.8. The second-order valence-corrected chi connectivity index (χ2v) is 10.0. The molecule has 31 heavy (non-hydrogen) atoms. The molecule has 0 unspecified atom stereocenters. The minimum absolute atomic E-state index is 0.242. The Bertz CT molecular complexity index is 1400. The second-order valence-electron chi connectivity index (χ2n) is 8.23. The zero-order chi connectivity index (χ0) is 21.8. The van der Waals surface area contributed by atoms with Crippen molar-refractivity contribution in [2.45, 2.75) is 44.6 Å². The van der Waals surface area contributed by atoms with E-state index in [2.05, 4.69) is 5.32 Å². The van der Waals surface area contributed by atoms with E-state index in [9.17, 15) is 8.42 Å². The van der Waals surface area contributed by atoms with Crippen LogP contribution >= 0.6 is 0 Å². The Labute approximate surface area is 182 Å². The van der Waals surface area contributed by atoms with Crippen LogP contribution in [0.3, 0.4) is 0 Å². The summed E-state index contributed by atoms with van der Waals surface area (Å²) in [7, 11) is -3.81. The highest BCUT2D eigenvalue weighted by atomic mass is 32.2. The first-order valence-electron chi connectivity index (χ1n) is 10.4. The van der Waals surface area contributed by atoms with Crippen molar-refractivity contribution < 1.29 is 8.42 Å². The number of hydrogen-bond acceptors (Lipinski definition) is 5. The Balaban J connectivity index is 1.78. The lowest BCUT2D eigenvalue weighted by Crippen LogP contribution is -2.15.